The van der Waals surface area contributed by atoms with Gasteiger partial charge in [0.05, 0.1) is 16.8 Å². The first-order valence-electron chi connectivity index (χ1n) is 6.25. The van der Waals surface area contributed by atoms with E-state index in [0.717, 1.165) is 23.5 Å². The second-order valence-corrected chi connectivity index (χ2v) is 6.06. The lowest BCUT2D eigenvalue weighted by Crippen LogP contribution is -2.33. The number of thiazole rings is 1. The summed E-state index contributed by atoms with van der Waals surface area (Å²) in [6, 6.07) is 0. The Bertz CT molecular complexity index is 341. The average Bonchev–Trinajstić information content (AvgIpc) is 2.88. The molecule has 0 radical (unpaired) electrons. The third-order valence-corrected chi connectivity index (χ3v) is 4.90. The van der Waals surface area contributed by atoms with Gasteiger partial charge in [-0.3, -0.25) is 0 Å². The molecule has 1 aromatic rings. The van der Waals surface area contributed by atoms with Gasteiger partial charge < -0.3 is 5.11 Å². The molecular weight excluding hydrogens is 218 g/mol. The van der Waals surface area contributed by atoms with Crippen LogP contribution in [0.25, 0.3) is 0 Å². The van der Waals surface area contributed by atoms with E-state index in [0.29, 0.717) is 0 Å². The summed E-state index contributed by atoms with van der Waals surface area (Å²) >= 11 is 1.67. The number of nitrogens with zero attached hydrogens (tertiary/aromatic N) is 1. The zero-order valence-electron chi connectivity index (χ0n) is 10.2. The first kappa shape index (κ1) is 12.1. The van der Waals surface area contributed by atoms with Crippen LogP contribution in [0.5, 0.6) is 0 Å². The number of rotatable bonds is 4. The zero-order valence-corrected chi connectivity index (χ0v) is 11.0. The van der Waals surface area contributed by atoms with Crippen molar-refractivity contribution in [1.82, 2.24) is 4.98 Å². The average molecular weight is 239 g/mol. The summed E-state index contributed by atoms with van der Waals surface area (Å²) in [4.78, 5) is 4.45. The maximum Gasteiger partial charge on any atom is 0.0897 e. The molecule has 0 aliphatic heterocycles. The summed E-state index contributed by atoms with van der Waals surface area (Å²) in [6.07, 6.45) is 6.56. The lowest BCUT2D eigenvalue weighted by atomic mass is 9.76. The first-order valence-corrected chi connectivity index (χ1v) is 7.13. The van der Waals surface area contributed by atoms with Crippen LogP contribution in [0.1, 0.15) is 49.7 Å². The first-order chi connectivity index (χ1) is 7.66. The highest BCUT2D eigenvalue weighted by atomic mass is 32.1. The van der Waals surface area contributed by atoms with E-state index in [1.54, 1.807) is 11.3 Å². The van der Waals surface area contributed by atoms with Crippen LogP contribution < -0.4 is 0 Å². The SMILES string of the molecule is CCC1(C(O)Cc2csc(C)n2)CCCC1. The molecule has 0 saturated heterocycles. The molecule has 2 nitrogen and oxygen atoms in total. The number of aliphatic hydroxyl groups is 1. The fourth-order valence-electron chi connectivity index (χ4n) is 2.92. The lowest BCUT2D eigenvalue weighted by Gasteiger charge is -2.33. The highest BCUT2D eigenvalue weighted by Crippen LogP contribution is 2.44. The van der Waals surface area contributed by atoms with Gasteiger partial charge in [0.15, 0.2) is 0 Å². The number of hydrogen-bond donors (Lipinski definition) is 1. The maximum absolute atomic E-state index is 10.4. The van der Waals surface area contributed by atoms with Crippen LogP contribution in [0.4, 0.5) is 0 Å². The standard InChI is InChI=1S/C13H21NOS/c1-3-13(6-4-5-7-13)12(15)8-11-9-16-10(2)14-11/h9,12,15H,3-8H2,1-2H3. The van der Waals surface area contributed by atoms with Gasteiger partial charge in [0, 0.05) is 11.8 Å². The lowest BCUT2D eigenvalue weighted by molar-refractivity contribution is 0.0251. The van der Waals surface area contributed by atoms with Crippen LogP contribution in [-0.4, -0.2) is 16.2 Å². The van der Waals surface area contributed by atoms with Crippen LogP contribution in [-0.2, 0) is 6.42 Å². The highest BCUT2D eigenvalue weighted by molar-refractivity contribution is 7.09. The molecular formula is C13H21NOS. The van der Waals surface area contributed by atoms with Crippen molar-refractivity contribution in [3.63, 3.8) is 0 Å². The molecule has 1 atom stereocenters. The molecule has 3 heteroatoms. The van der Waals surface area contributed by atoms with Crippen molar-refractivity contribution in [2.24, 2.45) is 5.41 Å². The Morgan fingerprint density at radius 2 is 2.19 bits per heavy atom. The van der Waals surface area contributed by atoms with Crippen molar-refractivity contribution in [1.29, 1.82) is 0 Å². The largest absolute Gasteiger partial charge is 0.392 e. The zero-order chi connectivity index (χ0) is 11.6. The summed E-state index contributed by atoms with van der Waals surface area (Å²) < 4.78 is 0. The quantitative estimate of drug-likeness (QED) is 0.874. The molecule has 1 heterocycles. The Kier molecular flexibility index (Phi) is 3.65. The van der Waals surface area contributed by atoms with Gasteiger partial charge in [0.25, 0.3) is 0 Å². The second-order valence-electron chi connectivity index (χ2n) is 5.00. The Labute approximate surface area is 102 Å². The fraction of sp³-hybridized carbons (Fsp3) is 0.769. The highest BCUT2D eigenvalue weighted by Gasteiger charge is 2.38. The normalized spacial score (nSPS) is 21.2. The maximum atomic E-state index is 10.4. The van der Waals surface area contributed by atoms with Crippen molar-refractivity contribution in [3.05, 3.63) is 16.1 Å². The van der Waals surface area contributed by atoms with Gasteiger partial charge in [-0.2, -0.15) is 0 Å². The Morgan fingerprint density at radius 3 is 2.69 bits per heavy atom. The molecule has 1 aliphatic rings. The van der Waals surface area contributed by atoms with E-state index in [1.807, 2.05) is 6.92 Å². The minimum atomic E-state index is -0.207. The molecule has 0 amide bonds. The fourth-order valence-corrected chi connectivity index (χ4v) is 3.54. The van der Waals surface area contributed by atoms with Crippen LogP contribution in [0.2, 0.25) is 0 Å². The van der Waals surface area contributed by atoms with E-state index in [1.165, 1.54) is 25.7 Å². The Hall–Kier alpha value is -0.410. The molecule has 1 aliphatic carbocycles. The molecule has 1 saturated carbocycles. The van der Waals surface area contributed by atoms with E-state index in [-0.39, 0.29) is 11.5 Å². The molecule has 0 spiro atoms. The van der Waals surface area contributed by atoms with Crippen LogP contribution in [0.15, 0.2) is 5.38 Å². The molecule has 1 unspecified atom stereocenters. The minimum absolute atomic E-state index is 0.178. The van der Waals surface area contributed by atoms with Crippen molar-refractivity contribution < 1.29 is 5.11 Å². The number of hydrogen-bond acceptors (Lipinski definition) is 3. The molecule has 1 aromatic heterocycles. The van der Waals surface area contributed by atoms with Crippen molar-refractivity contribution >= 4 is 11.3 Å². The van der Waals surface area contributed by atoms with Crippen molar-refractivity contribution in [2.45, 2.75) is 58.5 Å². The Morgan fingerprint density at radius 1 is 1.50 bits per heavy atom. The van der Waals surface area contributed by atoms with E-state index in [4.69, 9.17) is 0 Å². The molecule has 16 heavy (non-hydrogen) atoms. The van der Waals surface area contributed by atoms with Gasteiger partial charge in [0.2, 0.25) is 0 Å². The summed E-state index contributed by atoms with van der Waals surface area (Å²) in [5, 5.41) is 13.6. The van der Waals surface area contributed by atoms with E-state index >= 15 is 0 Å². The molecule has 0 aromatic carbocycles. The van der Waals surface area contributed by atoms with Gasteiger partial charge >= 0.3 is 0 Å². The third kappa shape index (κ3) is 2.30. The summed E-state index contributed by atoms with van der Waals surface area (Å²) in [5.41, 5.74) is 1.24. The summed E-state index contributed by atoms with van der Waals surface area (Å²) in [6.45, 7) is 4.23. The Balaban J connectivity index is 2.03. The predicted octanol–water partition coefficient (Wildman–Crippen LogP) is 3.33. The summed E-state index contributed by atoms with van der Waals surface area (Å²) in [5.74, 6) is 0. The summed E-state index contributed by atoms with van der Waals surface area (Å²) in [7, 11) is 0. The van der Waals surface area contributed by atoms with Gasteiger partial charge in [-0.25, -0.2) is 4.98 Å². The molecule has 0 bridgehead atoms. The number of aromatic nitrogens is 1. The molecule has 1 fully saturated rings. The smallest absolute Gasteiger partial charge is 0.0897 e. The second kappa shape index (κ2) is 4.84. The van der Waals surface area contributed by atoms with Crippen molar-refractivity contribution in [3.8, 4) is 0 Å². The monoisotopic (exact) mass is 239 g/mol. The van der Waals surface area contributed by atoms with Gasteiger partial charge in [-0.15, -0.1) is 11.3 Å². The number of aliphatic hydroxyl groups excluding tert-OH is 1. The molecule has 2 rings (SSSR count). The van der Waals surface area contributed by atoms with Crippen LogP contribution >= 0.6 is 11.3 Å². The van der Waals surface area contributed by atoms with E-state index in [9.17, 15) is 5.11 Å². The topological polar surface area (TPSA) is 33.1 Å². The van der Waals surface area contributed by atoms with Crippen LogP contribution in [0.3, 0.4) is 0 Å². The minimum Gasteiger partial charge on any atom is -0.392 e. The van der Waals surface area contributed by atoms with Gasteiger partial charge in [-0.1, -0.05) is 19.8 Å². The van der Waals surface area contributed by atoms with E-state index in [2.05, 4.69) is 17.3 Å². The molecule has 90 valence electrons. The molecule has 1 N–H and O–H groups in total. The van der Waals surface area contributed by atoms with Gasteiger partial charge in [-0.05, 0) is 31.6 Å². The van der Waals surface area contributed by atoms with Crippen LogP contribution in [0, 0.1) is 12.3 Å². The van der Waals surface area contributed by atoms with E-state index < -0.39 is 0 Å². The predicted molar refractivity (Wildman–Crippen MR) is 67.8 cm³/mol. The number of aryl methyl sites for hydroxylation is 1. The third-order valence-electron chi connectivity index (χ3n) is 4.08. The van der Waals surface area contributed by atoms with Gasteiger partial charge in [0.1, 0.15) is 0 Å². The van der Waals surface area contributed by atoms with Crippen molar-refractivity contribution in [2.75, 3.05) is 0 Å².